The maximum atomic E-state index is 12.6. The van der Waals surface area contributed by atoms with Gasteiger partial charge in [0.2, 0.25) is 10.0 Å². The van der Waals surface area contributed by atoms with Crippen molar-refractivity contribution in [2.75, 3.05) is 13.1 Å². The molecule has 0 unspecified atom stereocenters. The number of piperidine rings is 1. The van der Waals surface area contributed by atoms with E-state index in [1.54, 1.807) is 13.8 Å². The van der Waals surface area contributed by atoms with Crippen molar-refractivity contribution in [1.29, 1.82) is 0 Å². The smallest absolute Gasteiger partial charge is 0.246 e. The van der Waals surface area contributed by atoms with Crippen LogP contribution in [0.5, 0.6) is 0 Å². The third-order valence-electron chi connectivity index (χ3n) is 3.51. The third-order valence-corrected chi connectivity index (χ3v) is 6.01. The number of hydrogen-bond acceptors (Lipinski definition) is 4. The van der Waals surface area contributed by atoms with Gasteiger partial charge >= 0.3 is 0 Å². The first-order chi connectivity index (χ1) is 8.84. The number of aryl methyl sites for hydroxylation is 2. The number of hydrogen-bond donors (Lipinski definition) is 2. The molecule has 106 valence electrons. The molecule has 1 aliphatic rings. The summed E-state index contributed by atoms with van der Waals surface area (Å²) in [6, 6.07) is 0. The molecule has 1 aromatic rings. The number of H-pyrrole nitrogens is 1. The summed E-state index contributed by atoms with van der Waals surface area (Å²) in [6.07, 6.45) is 1.37. The Morgan fingerprint density at radius 3 is 2.42 bits per heavy atom. The number of aromatic amines is 1. The number of thiocarbonyl (C=S) groups is 1. The fourth-order valence-electron chi connectivity index (χ4n) is 2.43. The quantitative estimate of drug-likeness (QED) is 0.802. The number of nitrogens with two attached hydrogens (primary N) is 1. The Kier molecular flexibility index (Phi) is 3.93. The predicted octanol–water partition coefficient (Wildman–Crippen LogP) is 0.713. The molecule has 3 N–H and O–H groups in total. The van der Waals surface area contributed by atoms with Crippen LogP contribution in [0.4, 0.5) is 0 Å². The molecule has 0 spiro atoms. The van der Waals surface area contributed by atoms with E-state index in [4.69, 9.17) is 18.0 Å². The highest BCUT2D eigenvalue weighted by Crippen LogP contribution is 2.26. The van der Waals surface area contributed by atoms with Gasteiger partial charge in [-0.05, 0) is 26.7 Å². The van der Waals surface area contributed by atoms with Crippen molar-refractivity contribution in [2.24, 2.45) is 11.7 Å². The lowest BCUT2D eigenvalue weighted by Crippen LogP contribution is -2.41. The van der Waals surface area contributed by atoms with Gasteiger partial charge in [-0.1, -0.05) is 12.2 Å². The highest BCUT2D eigenvalue weighted by molar-refractivity contribution is 7.89. The molecule has 0 radical (unpaired) electrons. The van der Waals surface area contributed by atoms with Crippen LogP contribution >= 0.6 is 12.2 Å². The Balaban J connectivity index is 2.21. The minimum atomic E-state index is -3.47. The highest BCUT2D eigenvalue weighted by atomic mass is 32.2. The Labute approximate surface area is 118 Å². The summed E-state index contributed by atoms with van der Waals surface area (Å²) in [5, 5.41) is 6.66. The van der Waals surface area contributed by atoms with Gasteiger partial charge in [-0.3, -0.25) is 5.10 Å². The third kappa shape index (κ3) is 2.65. The molecule has 1 saturated heterocycles. The Morgan fingerprint density at radius 1 is 1.42 bits per heavy atom. The molecule has 0 saturated carbocycles. The first kappa shape index (κ1) is 14.4. The maximum absolute atomic E-state index is 12.6. The van der Waals surface area contributed by atoms with Crippen LogP contribution in [0.15, 0.2) is 4.90 Å². The van der Waals surface area contributed by atoms with E-state index in [0.29, 0.717) is 47.2 Å². The predicted molar refractivity (Wildman–Crippen MR) is 76.3 cm³/mol. The number of sulfonamides is 1. The van der Waals surface area contributed by atoms with Gasteiger partial charge in [0.15, 0.2) is 0 Å². The average molecular weight is 302 g/mol. The number of rotatable bonds is 3. The van der Waals surface area contributed by atoms with E-state index in [1.165, 1.54) is 4.31 Å². The van der Waals surface area contributed by atoms with Crippen molar-refractivity contribution in [3.8, 4) is 0 Å². The zero-order valence-electron chi connectivity index (χ0n) is 11.0. The van der Waals surface area contributed by atoms with E-state index in [1.807, 2.05) is 0 Å². The van der Waals surface area contributed by atoms with Gasteiger partial charge < -0.3 is 5.73 Å². The van der Waals surface area contributed by atoms with E-state index in [9.17, 15) is 8.42 Å². The molecular formula is C11H18N4O2S2. The molecule has 1 aromatic heterocycles. The van der Waals surface area contributed by atoms with E-state index in [0.717, 1.165) is 0 Å². The van der Waals surface area contributed by atoms with E-state index in [-0.39, 0.29) is 5.92 Å². The standard InChI is InChI=1S/C11H18N4O2S2/c1-7-10(8(2)14-13-7)19(16,17)15-5-3-9(4-6-15)11(12)18/h9H,3-6H2,1-2H3,(H2,12,18)(H,13,14). The first-order valence-electron chi connectivity index (χ1n) is 6.15. The SMILES string of the molecule is Cc1n[nH]c(C)c1S(=O)(=O)N1CCC(C(N)=S)CC1. The largest absolute Gasteiger partial charge is 0.393 e. The van der Waals surface area contributed by atoms with Crippen molar-refractivity contribution in [2.45, 2.75) is 31.6 Å². The van der Waals surface area contributed by atoms with Crippen LogP contribution in [0.2, 0.25) is 0 Å². The number of nitrogens with zero attached hydrogens (tertiary/aromatic N) is 2. The van der Waals surface area contributed by atoms with Gasteiger partial charge in [0.1, 0.15) is 4.90 Å². The average Bonchev–Trinajstić information content (AvgIpc) is 2.69. The van der Waals surface area contributed by atoms with Crippen LogP contribution in [0.1, 0.15) is 24.2 Å². The van der Waals surface area contributed by atoms with Gasteiger partial charge in [-0.2, -0.15) is 9.40 Å². The Bertz CT molecular complexity index is 566. The highest BCUT2D eigenvalue weighted by Gasteiger charge is 2.33. The molecule has 19 heavy (non-hydrogen) atoms. The molecule has 0 aromatic carbocycles. The molecule has 0 bridgehead atoms. The zero-order chi connectivity index (χ0) is 14.2. The lowest BCUT2D eigenvalue weighted by atomic mass is 9.98. The Hall–Kier alpha value is -0.990. The second kappa shape index (κ2) is 5.18. The van der Waals surface area contributed by atoms with Gasteiger partial charge in [-0.15, -0.1) is 0 Å². The summed E-state index contributed by atoms with van der Waals surface area (Å²) in [5.41, 5.74) is 6.70. The van der Waals surface area contributed by atoms with E-state index >= 15 is 0 Å². The summed E-state index contributed by atoms with van der Waals surface area (Å²) in [6.45, 7) is 4.32. The lowest BCUT2D eigenvalue weighted by molar-refractivity contribution is 0.316. The summed E-state index contributed by atoms with van der Waals surface area (Å²) in [7, 11) is -3.47. The molecule has 6 nitrogen and oxygen atoms in total. The molecule has 0 amide bonds. The Morgan fingerprint density at radius 2 is 2.00 bits per heavy atom. The van der Waals surface area contributed by atoms with Gasteiger partial charge in [0.25, 0.3) is 0 Å². The summed E-state index contributed by atoms with van der Waals surface area (Å²) < 4.78 is 26.6. The zero-order valence-corrected chi connectivity index (χ0v) is 12.6. The molecule has 1 aliphatic heterocycles. The molecule has 2 rings (SSSR count). The molecule has 0 aliphatic carbocycles. The summed E-state index contributed by atoms with van der Waals surface area (Å²) in [4.78, 5) is 0.772. The minimum Gasteiger partial charge on any atom is -0.393 e. The van der Waals surface area contributed by atoms with Crippen LogP contribution < -0.4 is 5.73 Å². The lowest BCUT2D eigenvalue weighted by Gasteiger charge is -2.30. The van der Waals surface area contributed by atoms with Gasteiger partial charge in [0.05, 0.1) is 16.4 Å². The van der Waals surface area contributed by atoms with Gasteiger partial charge in [0, 0.05) is 19.0 Å². The van der Waals surface area contributed by atoms with Crippen molar-refractivity contribution in [3.63, 3.8) is 0 Å². The van der Waals surface area contributed by atoms with E-state index < -0.39 is 10.0 Å². The number of aromatic nitrogens is 2. The van der Waals surface area contributed by atoms with Crippen LogP contribution in [0, 0.1) is 19.8 Å². The second-order valence-electron chi connectivity index (χ2n) is 4.84. The first-order valence-corrected chi connectivity index (χ1v) is 8.00. The minimum absolute atomic E-state index is 0.146. The fraction of sp³-hybridized carbons (Fsp3) is 0.636. The maximum Gasteiger partial charge on any atom is 0.246 e. The monoisotopic (exact) mass is 302 g/mol. The number of nitrogens with one attached hydrogen (secondary N) is 1. The molecule has 0 atom stereocenters. The normalized spacial score (nSPS) is 18.6. The topological polar surface area (TPSA) is 92.1 Å². The van der Waals surface area contributed by atoms with Crippen LogP contribution in [0.25, 0.3) is 0 Å². The van der Waals surface area contributed by atoms with Crippen LogP contribution in [-0.2, 0) is 10.0 Å². The molecule has 2 heterocycles. The van der Waals surface area contributed by atoms with Crippen molar-refractivity contribution >= 4 is 27.2 Å². The molecule has 8 heteroatoms. The van der Waals surface area contributed by atoms with E-state index in [2.05, 4.69) is 10.2 Å². The van der Waals surface area contributed by atoms with Gasteiger partial charge in [-0.25, -0.2) is 8.42 Å². The van der Waals surface area contributed by atoms with Crippen LogP contribution in [0.3, 0.4) is 0 Å². The fourth-order valence-corrected chi connectivity index (χ4v) is 4.47. The van der Waals surface area contributed by atoms with Crippen LogP contribution in [-0.4, -0.2) is 41.0 Å². The molecular weight excluding hydrogens is 284 g/mol. The summed E-state index contributed by atoms with van der Waals surface area (Å²) >= 11 is 4.96. The summed E-state index contributed by atoms with van der Waals surface area (Å²) in [5.74, 6) is 0.146. The van der Waals surface area contributed by atoms with Crippen molar-refractivity contribution < 1.29 is 8.42 Å². The molecule has 1 fully saturated rings. The van der Waals surface area contributed by atoms with Crippen molar-refractivity contribution in [3.05, 3.63) is 11.4 Å². The second-order valence-corrected chi connectivity index (χ2v) is 7.19. The van der Waals surface area contributed by atoms with Crippen molar-refractivity contribution in [1.82, 2.24) is 14.5 Å².